The number of benzene rings is 2. The van der Waals surface area contributed by atoms with Gasteiger partial charge in [0, 0.05) is 25.3 Å². The van der Waals surface area contributed by atoms with E-state index < -0.39 is 23.5 Å². The Morgan fingerprint density at radius 1 is 0.739 bits per heavy atom. The van der Waals surface area contributed by atoms with Gasteiger partial charge in [-0.15, -0.1) is 0 Å². The first-order valence-corrected chi connectivity index (χ1v) is 6.56. The van der Waals surface area contributed by atoms with Crippen molar-refractivity contribution in [1.82, 2.24) is 0 Å². The van der Waals surface area contributed by atoms with Gasteiger partial charge < -0.3 is 4.90 Å². The van der Waals surface area contributed by atoms with Gasteiger partial charge in [-0.05, 0) is 35.9 Å². The molecule has 0 N–H and O–H groups in total. The lowest BCUT2D eigenvalue weighted by atomic mass is 9.98. The van der Waals surface area contributed by atoms with Crippen molar-refractivity contribution >= 4 is 5.69 Å². The van der Waals surface area contributed by atoms with Crippen LogP contribution in [-0.2, 0) is 12.4 Å². The second-order valence-electron chi connectivity index (χ2n) is 5.20. The third-order valence-electron chi connectivity index (χ3n) is 3.31. The van der Waals surface area contributed by atoms with Crippen molar-refractivity contribution in [1.29, 1.82) is 0 Å². The van der Waals surface area contributed by atoms with Gasteiger partial charge in [0.1, 0.15) is 0 Å². The van der Waals surface area contributed by atoms with Crippen LogP contribution in [0.25, 0.3) is 11.1 Å². The first kappa shape index (κ1) is 17.2. The minimum Gasteiger partial charge on any atom is -0.377 e. The van der Waals surface area contributed by atoms with Crippen molar-refractivity contribution in [3.05, 3.63) is 53.6 Å². The molecule has 0 saturated carbocycles. The molecule has 2 aromatic carbocycles. The lowest BCUT2D eigenvalue weighted by Gasteiger charge is -2.20. The molecule has 0 amide bonds. The van der Waals surface area contributed by atoms with Crippen LogP contribution in [0.4, 0.5) is 32.0 Å². The summed E-state index contributed by atoms with van der Waals surface area (Å²) in [5, 5.41) is 0. The van der Waals surface area contributed by atoms with Crippen LogP contribution < -0.4 is 4.90 Å². The fraction of sp³-hybridized carbons (Fsp3) is 0.250. The summed E-state index contributed by atoms with van der Waals surface area (Å²) in [5.74, 6) is 0. The van der Waals surface area contributed by atoms with Crippen LogP contribution >= 0.6 is 0 Å². The van der Waals surface area contributed by atoms with Gasteiger partial charge in [0.25, 0.3) is 0 Å². The molecule has 0 fully saturated rings. The van der Waals surface area contributed by atoms with Gasteiger partial charge in [0.15, 0.2) is 0 Å². The van der Waals surface area contributed by atoms with Crippen molar-refractivity contribution < 1.29 is 26.3 Å². The molecule has 0 aliphatic carbocycles. The Bertz CT molecular complexity index is 700. The molecule has 0 heterocycles. The maximum absolute atomic E-state index is 12.9. The van der Waals surface area contributed by atoms with Crippen LogP contribution in [0.1, 0.15) is 11.1 Å². The van der Waals surface area contributed by atoms with E-state index in [1.807, 2.05) is 0 Å². The molecule has 0 aliphatic heterocycles. The molecular formula is C16H13F6N. The van der Waals surface area contributed by atoms with E-state index in [9.17, 15) is 26.3 Å². The van der Waals surface area contributed by atoms with E-state index in [1.165, 1.54) is 18.2 Å². The van der Waals surface area contributed by atoms with Crippen LogP contribution in [0.3, 0.4) is 0 Å². The summed E-state index contributed by atoms with van der Waals surface area (Å²) in [4.78, 5) is 1.55. The number of anilines is 1. The molecule has 0 spiro atoms. The Morgan fingerprint density at radius 2 is 1.30 bits per heavy atom. The van der Waals surface area contributed by atoms with Gasteiger partial charge in [-0.2, -0.15) is 26.3 Å². The van der Waals surface area contributed by atoms with Gasteiger partial charge in [-0.25, -0.2) is 0 Å². The summed E-state index contributed by atoms with van der Waals surface area (Å²) in [5.41, 5.74) is -1.24. The summed E-state index contributed by atoms with van der Waals surface area (Å²) in [6.45, 7) is 0. The van der Waals surface area contributed by atoms with Gasteiger partial charge in [-0.3, -0.25) is 0 Å². The Hall–Kier alpha value is -2.18. The van der Waals surface area contributed by atoms with E-state index in [0.29, 0.717) is 5.69 Å². The third kappa shape index (κ3) is 3.78. The highest BCUT2D eigenvalue weighted by Crippen LogP contribution is 2.39. The number of hydrogen-bond acceptors (Lipinski definition) is 1. The molecule has 2 aromatic rings. The van der Waals surface area contributed by atoms with Gasteiger partial charge in [0.2, 0.25) is 0 Å². The smallest absolute Gasteiger partial charge is 0.377 e. The fourth-order valence-electron chi connectivity index (χ4n) is 2.20. The number of hydrogen-bond donors (Lipinski definition) is 0. The van der Waals surface area contributed by atoms with Crippen molar-refractivity contribution in [3.63, 3.8) is 0 Å². The molecule has 0 aromatic heterocycles. The highest BCUT2D eigenvalue weighted by atomic mass is 19.4. The molecule has 0 radical (unpaired) electrons. The second kappa shape index (κ2) is 5.79. The van der Waals surface area contributed by atoms with E-state index in [4.69, 9.17) is 0 Å². The zero-order chi connectivity index (χ0) is 17.4. The summed E-state index contributed by atoms with van der Waals surface area (Å²) >= 11 is 0. The summed E-state index contributed by atoms with van der Waals surface area (Å²) in [6.07, 6.45) is -9.13. The maximum atomic E-state index is 12.9. The maximum Gasteiger partial charge on any atom is 0.416 e. The van der Waals surface area contributed by atoms with E-state index in [2.05, 4.69) is 0 Å². The van der Waals surface area contributed by atoms with E-state index in [1.54, 1.807) is 19.0 Å². The van der Waals surface area contributed by atoms with Crippen LogP contribution in [0.5, 0.6) is 0 Å². The van der Waals surface area contributed by atoms with Crippen molar-refractivity contribution in [2.45, 2.75) is 12.4 Å². The molecule has 124 valence electrons. The molecule has 0 bridgehead atoms. The summed E-state index contributed by atoms with van der Waals surface area (Å²) < 4.78 is 77.1. The Labute approximate surface area is 129 Å². The Balaban J connectivity index is 2.65. The third-order valence-corrected chi connectivity index (χ3v) is 3.31. The zero-order valence-corrected chi connectivity index (χ0v) is 12.3. The lowest BCUT2D eigenvalue weighted by molar-refractivity contribution is -0.138. The standard InChI is InChI=1S/C16H13F6N/c1-23(2)14-7-6-12(16(20,21)22)9-13(14)10-4-3-5-11(8-10)15(17,18)19/h3-9H,1-2H3. The van der Waals surface area contributed by atoms with Gasteiger partial charge in [0.05, 0.1) is 11.1 Å². The first-order valence-electron chi connectivity index (χ1n) is 6.56. The lowest BCUT2D eigenvalue weighted by Crippen LogP contribution is -2.12. The molecular weight excluding hydrogens is 320 g/mol. The average Bonchev–Trinajstić information content (AvgIpc) is 2.45. The van der Waals surface area contributed by atoms with Crippen LogP contribution in [0, 0.1) is 0 Å². The number of nitrogens with zero attached hydrogens (tertiary/aromatic N) is 1. The predicted molar refractivity (Wildman–Crippen MR) is 76.2 cm³/mol. The first-order chi connectivity index (χ1) is 10.5. The predicted octanol–water partition coefficient (Wildman–Crippen LogP) is 5.46. The SMILES string of the molecule is CN(C)c1ccc(C(F)(F)F)cc1-c1cccc(C(F)(F)F)c1. The molecule has 0 saturated heterocycles. The van der Waals surface area contributed by atoms with E-state index in [0.717, 1.165) is 24.3 Å². The van der Waals surface area contributed by atoms with Crippen molar-refractivity contribution in [2.24, 2.45) is 0 Å². The minimum atomic E-state index is -4.57. The Morgan fingerprint density at radius 3 is 1.83 bits per heavy atom. The quantitative estimate of drug-likeness (QED) is 0.660. The van der Waals surface area contributed by atoms with E-state index in [-0.39, 0.29) is 11.1 Å². The number of alkyl halides is 6. The molecule has 0 aliphatic rings. The largest absolute Gasteiger partial charge is 0.416 e. The molecule has 1 nitrogen and oxygen atoms in total. The van der Waals surface area contributed by atoms with Gasteiger partial charge >= 0.3 is 12.4 Å². The molecule has 23 heavy (non-hydrogen) atoms. The van der Waals surface area contributed by atoms with E-state index >= 15 is 0 Å². The van der Waals surface area contributed by atoms with Crippen LogP contribution in [0.2, 0.25) is 0 Å². The normalized spacial score (nSPS) is 12.3. The monoisotopic (exact) mass is 333 g/mol. The second-order valence-corrected chi connectivity index (χ2v) is 5.20. The van der Waals surface area contributed by atoms with Crippen molar-refractivity contribution in [2.75, 3.05) is 19.0 Å². The highest BCUT2D eigenvalue weighted by Gasteiger charge is 2.33. The van der Waals surface area contributed by atoms with Gasteiger partial charge in [-0.1, -0.05) is 12.1 Å². The summed E-state index contributed by atoms with van der Waals surface area (Å²) in [7, 11) is 3.22. The molecule has 0 atom stereocenters. The molecule has 2 rings (SSSR count). The van der Waals surface area contributed by atoms with Crippen molar-refractivity contribution in [3.8, 4) is 11.1 Å². The Kier molecular flexibility index (Phi) is 4.32. The molecule has 0 unspecified atom stereocenters. The molecule has 7 heteroatoms. The fourth-order valence-corrected chi connectivity index (χ4v) is 2.20. The number of halogens is 6. The highest BCUT2D eigenvalue weighted by molar-refractivity contribution is 5.79. The van der Waals surface area contributed by atoms with Crippen LogP contribution in [-0.4, -0.2) is 14.1 Å². The number of rotatable bonds is 2. The topological polar surface area (TPSA) is 3.24 Å². The minimum absolute atomic E-state index is 0.0784. The van der Waals surface area contributed by atoms with Crippen LogP contribution in [0.15, 0.2) is 42.5 Å². The average molecular weight is 333 g/mol. The summed E-state index contributed by atoms with van der Waals surface area (Å²) in [6, 6.07) is 7.29. The zero-order valence-electron chi connectivity index (χ0n) is 12.3.